The molecular formula is C20H32O3. The van der Waals surface area contributed by atoms with Crippen LogP contribution in [-0.4, -0.2) is 23.3 Å². The number of rotatable bonds is 3. The van der Waals surface area contributed by atoms with E-state index in [1.807, 2.05) is 19.9 Å². The quantitative estimate of drug-likeness (QED) is 0.470. The van der Waals surface area contributed by atoms with Crippen molar-refractivity contribution in [3.63, 3.8) is 0 Å². The summed E-state index contributed by atoms with van der Waals surface area (Å²) in [5.41, 5.74) is 3.32. The lowest BCUT2D eigenvalue weighted by molar-refractivity contribution is -0.148. The Kier molecular flexibility index (Phi) is 7.77. The molecule has 0 saturated carbocycles. The summed E-state index contributed by atoms with van der Waals surface area (Å²) in [5, 5.41) is 10.7. The van der Waals surface area contributed by atoms with Crippen molar-refractivity contribution in [1.82, 2.24) is 0 Å². The molecule has 0 radical (unpaired) electrons. The fourth-order valence-corrected chi connectivity index (χ4v) is 3.15. The summed E-state index contributed by atoms with van der Waals surface area (Å²) in [6.45, 7) is 12.0. The van der Waals surface area contributed by atoms with Crippen LogP contribution in [0, 0.1) is 11.8 Å². The number of ether oxygens (including phenoxy) is 1. The van der Waals surface area contributed by atoms with Gasteiger partial charge in [-0.05, 0) is 46.5 Å². The monoisotopic (exact) mass is 320 g/mol. The van der Waals surface area contributed by atoms with Crippen LogP contribution in [0.1, 0.15) is 60.8 Å². The molecule has 0 unspecified atom stereocenters. The predicted octanol–water partition coefficient (Wildman–Crippen LogP) is 4.57. The van der Waals surface area contributed by atoms with Gasteiger partial charge in [0.15, 0.2) is 0 Å². The van der Waals surface area contributed by atoms with Gasteiger partial charge in [0.25, 0.3) is 0 Å². The Morgan fingerprint density at radius 1 is 1.30 bits per heavy atom. The lowest BCUT2D eigenvalue weighted by Gasteiger charge is -2.33. The second-order valence-corrected chi connectivity index (χ2v) is 7.32. The maximum absolute atomic E-state index is 12.1. The van der Waals surface area contributed by atoms with Crippen LogP contribution in [-0.2, 0) is 9.53 Å². The van der Waals surface area contributed by atoms with E-state index in [1.54, 1.807) is 0 Å². The van der Waals surface area contributed by atoms with E-state index >= 15 is 0 Å². The summed E-state index contributed by atoms with van der Waals surface area (Å²) < 4.78 is 5.74. The van der Waals surface area contributed by atoms with Gasteiger partial charge in [0.2, 0.25) is 0 Å². The van der Waals surface area contributed by atoms with Gasteiger partial charge < -0.3 is 9.84 Å². The summed E-state index contributed by atoms with van der Waals surface area (Å²) in [7, 11) is 0. The van der Waals surface area contributed by atoms with Gasteiger partial charge in [0.05, 0.1) is 6.10 Å². The van der Waals surface area contributed by atoms with Crippen LogP contribution >= 0.6 is 0 Å². The van der Waals surface area contributed by atoms with Crippen LogP contribution in [0.3, 0.4) is 0 Å². The van der Waals surface area contributed by atoms with Gasteiger partial charge >= 0.3 is 5.97 Å². The SMILES string of the molecule is CC(C)=CC(=O)O[C@H]1C/C(C)=C\CC/C(C)=C\[C@H](O)[C@@H]1C(C)C. The van der Waals surface area contributed by atoms with Crippen LogP contribution in [0.2, 0.25) is 0 Å². The fourth-order valence-electron chi connectivity index (χ4n) is 3.15. The predicted molar refractivity (Wildman–Crippen MR) is 95.0 cm³/mol. The molecule has 0 aromatic rings. The molecule has 0 bridgehead atoms. The third-order valence-corrected chi connectivity index (χ3v) is 4.28. The summed E-state index contributed by atoms with van der Waals surface area (Å²) >= 11 is 0. The average Bonchev–Trinajstić information content (AvgIpc) is 2.35. The Labute approximate surface area is 141 Å². The zero-order valence-electron chi connectivity index (χ0n) is 15.4. The first-order valence-corrected chi connectivity index (χ1v) is 8.57. The van der Waals surface area contributed by atoms with Gasteiger partial charge in [-0.3, -0.25) is 0 Å². The lowest BCUT2D eigenvalue weighted by Crippen LogP contribution is -2.38. The first kappa shape index (κ1) is 19.7. The second-order valence-electron chi connectivity index (χ2n) is 7.32. The lowest BCUT2D eigenvalue weighted by atomic mass is 9.81. The number of esters is 1. The average molecular weight is 320 g/mol. The maximum Gasteiger partial charge on any atom is 0.330 e. The third-order valence-electron chi connectivity index (χ3n) is 4.28. The van der Waals surface area contributed by atoms with E-state index in [9.17, 15) is 9.90 Å². The van der Waals surface area contributed by atoms with Gasteiger partial charge in [-0.1, -0.05) is 42.7 Å². The van der Waals surface area contributed by atoms with Crippen molar-refractivity contribution >= 4 is 5.97 Å². The number of carbonyl (C=O) groups excluding carboxylic acids is 1. The molecule has 0 spiro atoms. The van der Waals surface area contributed by atoms with Gasteiger partial charge in [-0.25, -0.2) is 4.79 Å². The molecule has 3 heteroatoms. The minimum Gasteiger partial charge on any atom is -0.458 e. The second kappa shape index (κ2) is 9.07. The topological polar surface area (TPSA) is 46.5 Å². The van der Waals surface area contributed by atoms with Crippen LogP contribution in [0.4, 0.5) is 0 Å². The summed E-state index contributed by atoms with van der Waals surface area (Å²) in [5.74, 6) is -0.217. The molecule has 0 amide bonds. The van der Waals surface area contributed by atoms with Gasteiger partial charge in [-0.2, -0.15) is 0 Å². The molecule has 0 aromatic carbocycles. The van der Waals surface area contributed by atoms with Crippen molar-refractivity contribution in [2.45, 2.75) is 73.0 Å². The Morgan fingerprint density at radius 3 is 2.52 bits per heavy atom. The van der Waals surface area contributed by atoms with Crippen LogP contribution in [0.15, 0.2) is 34.9 Å². The van der Waals surface area contributed by atoms with Gasteiger partial charge in [0.1, 0.15) is 6.10 Å². The molecule has 23 heavy (non-hydrogen) atoms. The first-order valence-electron chi connectivity index (χ1n) is 8.57. The molecular weight excluding hydrogens is 288 g/mol. The minimum atomic E-state index is -0.592. The van der Waals surface area contributed by atoms with Gasteiger partial charge in [-0.15, -0.1) is 0 Å². The number of hydrogen-bond acceptors (Lipinski definition) is 3. The number of aliphatic hydroxyl groups is 1. The van der Waals surface area contributed by atoms with Crippen LogP contribution < -0.4 is 0 Å². The highest BCUT2D eigenvalue weighted by Gasteiger charge is 2.33. The highest BCUT2D eigenvalue weighted by atomic mass is 16.5. The molecule has 0 fully saturated rings. The van der Waals surface area contributed by atoms with Crippen molar-refractivity contribution in [1.29, 1.82) is 0 Å². The first-order chi connectivity index (χ1) is 10.7. The zero-order chi connectivity index (χ0) is 17.6. The highest BCUT2D eigenvalue weighted by Crippen LogP contribution is 2.30. The number of aliphatic hydroxyl groups excluding tert-OH is 1. The molecule has 1 aliphatic rings. The zero-order valence-corrected chi connectivity index (χ0v) is 15.4. The highest BCUT2D eigenvalue weighted by molar-refractivity contribution is 5.82. The van der Waals surface area contributed by atoms with Crippen molar-refractivity contribution in [3.05, 3.63) is 34.9 Å². The Morgan fingerprint density at radius 2 is 1.96 bits per heavy atom. The van der Waals surface area contributed by atoms with E-state index in [-0.39, 0.29) is 23.9 Å². The minimum absolute atomic E-state index is 0.110. The van der Waals surface area contributed by atoms with Crippen molar-refractivity contribution in [3.8, 4) is 0 Å². The van der Waals surface area contributed by atoms with E-state index in [0.717, 1.165) is 18.4 Å². The third kappa shape index (κ3) is 6.74. The molecule has 1 N–H and O–H groups in total. The standard InChI is InChI=1S/C20H32O3/c1-13(2)10-19(22)23-18-12-16(6)9-7-8-15(5)11-17(21)20(18)14(3)4/h9-11,14,17-18,20-21H,7-8,12H2,1-6H3/b15-11-,16-9-/t17-,18-,20-/m0/s1. The van der Waals surface area contributed by atoms with E-state index in [2.05, 4.69) is 33.8 Å². The van der Waals surface area contributed by atoms with E-state index in [4.69, 9.17) is 4.74 Å². The Hall–Kier alpha value is -1.35. The summed E-state index contributed by atoms with van der Waals surface area (Å²) in [4.78, 5) is 12.1. The van der Waals surface area contributed by atoms with Crippen molar-refractivity contribution in [2.24, 2.45) is 11.8 Å². The molecule has 1 rings (SSSR count). The Bertz CT molecular complexity index is 493. The molecule has 0 heterocycles. The number of allylic oxidation sites excluding steroid dienone is 3. The summed E-state index contributed by atoms with van der Waals surface area (Å²) in [6.07, 6.45) is 7.35. The van der Waals surface area contributed by atoms with Gasteiger partial charge in [0, 0.05) is 18.4 Å². The number of hydrogen-bond donors (Lipinski definition) is 1. The molecule has 130 valence electrons. The van der Waals surface area contributed by atoms with Crippen LogP contribution in [0.5, 0.6) is 0 Å². The molecule has 0 aliphatic heterocycles. The van der Waals surface area contributed by atoms with Crippen LogP contribution in [0.25, 0.3) is 0 Å². The normalized spacial score (nSPS) is 30.7. The van der Waals surface area contributed by atoms with E-state index < -0.39 is 6.10 Å². The number of carbonyl (C=O) groups is 1. The summed E-state index contributed by atoms with van der Waals surface area (Å²) in [6, 6.07) is 0. The molecule has 0 aromatic heterocycles. The Balaban J connectivity index is 3.12. The largest absolute Gasteiger partial charge is 0.458 e. The smallest absolute Gasteiger partial charge is 0.330 e. The molecule has 1 aliphatic carbocycles. The molecule has 0 saturated heterocycles. The van der Waals surface area contributed by atoms with Crippen molar-refractivity contribution < 1.29 is 14.6 Å². The van der Waals surface area contributed by atoms with E-state index in [1.165, 1.54) is 17.2 Å². The van der Waals surface area contributed by atoms with E-state index in [0.29, 0.717) is 6.42 Å². The maximum atomic E-state index is 12.1. The van der Waals surface area contributed by atoms with Crippen molar-refractivity contribution in [2.75, 3.05) is 0 Å². The molecule has 3 atom stereocenters. The fraction of sp³-hybridized carbons (Fsp3) is 0.650. The molecule has 3 nitrogen and oxygen atoms in total.